The van der Waals surface area contributed by atoms with Crippen LogP contribution >= 0.6 is 0 Å². The summed E-state index contributed by atoms with van der Waals surface area (Å²) in [5, 5.41) is 9.39. The van der Waals surface area contributed by atoms with E-state index >= 15 is 0 Å². The summed E-state index contributed by atoms with van der Waals surface area (Å²) in [5.74, 6) is 0.796. The highest BCUT2D eigenvalue weighted by Gasteiger charge is 2.04. The third kappa shape index (κ3) is 4.32. The summed E-state index contributed by atoms with van der Waals surface area (Å²) in [6.07, 6.45) is 0.415. The van der Waals surface area contributed by atoms with Gasteiger partial charge in [0.05, 0.1) is 6.61 Å². The first-order valence-electron chi connectivity index (χ1n) is 5.15. The Bertz CT molecular complexity index is 286. The third-order valence-corrected chi connectivity index (χ3v) is 2.11. The van der Waals surface area contributed by atoms with E-state index in [1.165, 1.54) is 5.56 Å². The maximum atomic E-state index is 9.39. The third-order valence-electron chi connectivity index (χ3n) is 2.11. The van der Waals surface area contributed by atoms with Gasteiger partial charge >= 0.3 is 0 Å². The van der Waals surface area contributed by atoms with Crippen molar-refractivity contribution in [3.63, 3.8) is 0 Å². The Kier molecular flexibility index (Phi) is 5.15. The van der Waals surface area contributed by atoms with Gasteiger partial charge in [-0.3, -0.25) is 0 Å². The summed E-state index contributed by atoms with van der Waals surface area (Å²) in [7, 11) is 1.56. The molecule has 0 fully saturated rings. The molecule has 1 atom stereocenters. The van der Waals surface area contributed by atoms with Gasteiger partial charge < -0.3 is 14.6 Å². The van der Waals surface area contributed by atoms with Gasteiger partial charge in [0.1, 0.15) is 18.5 Å². The summed E-state index contributed by atoms with van der Waals surface area (Å²) < 4.78 is 10.2. The number of methoxy groups -OCH3 is 1. The van der Waals surface area contributed by atoms with E-state index in [1.54, 1.807) is 7.11 Å². The van der Waals surface area contributed by atoms with Crippen LogP contribution in [0.3, 0.4) is 0 Å². The molecule has 0 unspecified atom stereocenters. The van der Waals surface area contributed by atoms with Crippen molar-refractivity contribution >= 4 is 0 Å². The molecule has 3 nitrogen and oxygen atoms in total. The summed E-state index contributed by atoms with van der Waals surface area (Å²) >= 11 is 0. The maximum absolute atomic E-state index is 9.39. The fourth-order valence-electron chi connectivity index (χ4n) is 1.29. The van der Waals surface area contributed by atoms with Crippen molar-refractivity contribution in [1.29, 1.82) is 0 Å². The van der Waals surface area contributed by atoms with E-state index < -0.39 is 6.10 Å². The highest BCUT2D eigenvalue weighted by Crippen LogP contribution is 2.13. The van der Waals surface area contributed by atoms with Crippen LogP contribution in [0.4, 0.5) is 0 Å². The lowest BCUT2D eigenvalue weighted by Crippen LogP contribution is -2.22. The first-order chi connectivity index (χ1) is 7.26. The van der Waals surface area contributed by atoms with Crippen molar-refractivity contribution in [2.45, 2.75) is 19.4 Å². The maximum Gasteiger partial charge on any atom is 0.119 e. The molecule has 0 amide bonds. The monoisotopic (exact) mass is 210 g/mol. The highest BCUT2D eigenvalue weighted by molar-refractivity contribution is 5.28. The number of hydrogen-bond acceptors (Lipinski definition) is 3. The molecule has 1 rings (SSSR count). The molecule has 1 N–H and O–H groups in total. The molecular weight excluding hydrogens is 192 g/mol. The summed E-state index contributed by atoms with van der Waals surface area (Å²) in [5.41, 5.74) is 1.23. The van der Waals surface area contributed by atoms with Gasteiger partial charge in [-0.25, -0.2) is 0 Å². The highest BCUT2D eigenvalue weighted by atomic mass is 16.5. The van der Waals surface area contributed by atoms with Crippen molar-refractivity contribution in [3.8, 4) is 5.75 Å². The quantitative estimate of drug-likeness (QED) is 0.775. The fourth-order valence-corrected chi connectivity index (χ4v) is 1.29. The molecular formula is C12H18O3. The van der Waals surface area contributed by atoms with Crippen molar-refractivity contribution < 1.29 is 14.6 Å². The molecule has 3 heteroatoms. The first-order valence-corrected chi connectivity index (χ1v) is 5.15. The zero-order chi connectivity index (χ0) is 11.1. The molecule has 0 aromatic heterocycles. The molecule has 0 aliphatic carbocycles. The Morgan fingerprint density at radius 1 is 1.33 bits per heavy atom. The van der Waals surface area contributed by atoms with E-state index in [0.29, 0.717) is 6.61 Å². The van der Waals surface area contributed by atoms with Crippen molar-refractivity contribution in [3.05, 3.63) is 29.8 Å². The Hall–Kier alpha value is -1.06. The number of benzene rings is 1. The van der Waals surface area contributed by atoms with E-state index in [0.717, 1.165) is 12.2 Å². The summed E-state index contributed by atoms with van der Waals surface area (Å²) in [6, 6.07) is 7.88. The standard InChI is InChI=1S/C12H18O3/c1-3-10-5-4-6-12(7-10)15-9-11(13)8-14-2/h4-7,11,13H,3,8-9H2,1-2H3/t11-/m1/s1. The molecule has 84 valence electrons. The number of hydrogen-bond donors (Lipinski definition) is 1. The lowest BCUT2D eigenvalue weighted by Gasteiger charge is -2.11. The largest absolute Gasteiger partial charge is 0.491 e. The molecule has 1 aromatic rings. The second-order valence-electron chi connectivity index (χ2n) is 3.42. The number of rotatable bonds is 6. The van der Waals surface area contributed by atoms with E-state index in [1.807, 2.05) is 18.2 Å². The van der Waals surface area contributed by atoms with Gasteiger partial charge in [0.15, 0.2) is 0 Å². The second kappa shape index (κ2) is 6.43. The van der Waals surface area contributed by atoms with Gasteiger partial charge in [-0.05, 0) is 24.1 Å². The van der Waals surface area contributed by atoms with Crippen LogP contribution in [0.15, 0.2) is 24.3 Å². The SMILES string of the molecule is CCc1cccc(OC[C@H](O)COC)c1. The minimum atomic E-state index is -0.569. The van der Waals surface area contributed by atoms with Crippen LogP contribution in [0.2, 0.25) is 0 Å². The predicted octanol–water partition coefficient (Wildman–Crippen LogP) is 1.64. The van der Waals surface area contributed by atoms with Gasteiger partial charge in [0.2, 0.25) is 0 Å². The molecule has 0 aliphatic rings. The van der Waals surface area contributed by atoms with E-state index in [2.05, 4.69) is 13.0 Å². The van der Waals surface area contributed by atoms with E-state index in [9.17, 15) is 5.11 Å². The van der Waals surface area contributed by atoms with Crippen LogP contribution in [0.25, 0.3) is 0 Å². The average molecular weight is 210 g/mol. The lowest BCUT2D eigenvalue weighted by molar-refractivity contribution is 0.0325. The number of ether oxygens (including phenoxy) is 2. The minimum Gasteiger partial charge on any atom is -0.491 e. The van der Waals surface area contributed by atoms with Gasteiger partial charge in [-0.1, -0.05) is 19.1 Å². The minimum absolute atomic E-state index is 0.265. The van der Waals surface area contributed by atoms with E-state index in [4.69, 9.17) is 9.47 Å². The fraction of sp³-hybridized carbons (Fsp3) is 0.500. The topological polar surface area (TPSA) is 38.7 Å². The normalized spacial score (nSPS) is 12.5. The van der Waals surface area contributed by atoms with Crippen molar-refractivity contribution in [1.82, 2.24) is 0 Å². The molecule has 0 saturated carbocycles. The van der Waals surface area contributed by atoms with Crippen LogP contribution in [-0.4, -0.2) is 31.5 Å². The van der Waals surface area contributed by atoms with Crippen LogP contribution in [0.5, 0.6) is 5.75 Å². The average Bonchev–Trinajstić information content (AvgIpc) is 2.27. The first kappa shape index (κ1) is 12.0. The lowest BCUT2D eigenvalue weighted by atomic mass is 10.2. The zero-order valence-corrected chi connectivity index (χ0v) is 9.27. The zero-order valence-electron chi connectivity index (χ0n) is 9.27. The molecule has 0 radical (unpaired) electrons. The van der Waals surface area contributed by atoms with Crippen LogP contribution in [0, 0.1) is 0 Å². The van der Waals surface area contributed by atoms with Gasteiger partial charge in [0.25, 0.3) is 0 Å². The molecule has 15 heavy (non-hydrogen) atoms. The molecule has 0 aliphatic heterocycles. The van der Waals surface area contributed by atoms with Crippen molar-refractivity contribution in [2.24, 2.45) is 0 Å². The van der Waals surface area contributed by atoms with Gasteiger partial charge in [-0.15, -0.1) is 0 Å². The molecule has 0 spiro atoms. The summed E-state index contributed by atoms with van der Waals surface area (Å²) in [4.78, 5) is 0. The number of aryl methyl sites for hydroxylation is 1. The number of aliphatic hydroxyl groups excluding tert-OH is 1. The Balaban J connectivity index is 2.43. The van der Waals surface area contributed by atoms with Crippen LogP contribution in [-0.2, 0) is 11.2 Å². The molecule has 1 aromatic carbocycles. The van der Waals surface area contributed by atoms with Crippen LogP contribution < -0.4 is 4.74 Å². The van der Waals surface area contributed by atoms with Crippen LogP contribution in [0.1, 0.15) is 12.5 Å². The number of aliphatic hydroxyl groups is 1. The Morgan fingerprint density at radius 3 is 2.80 bits per heavy atom. The smallest absolute Gasteiger partial charge is 0.119 e. The molecule has 0 saturated heterocycles. The molecule has 0 bridgehead atoms. The van der Waals surface area contributed by atoms with Crippen molar-refractivity contribution in [2.75, 3.05) is 20.3 Å². The van der Waals surface area contributed by atoms with Gasteiger partial charge in [-0.2, -0.15) is 0 Å². The second-order valence-corrected chi connectivity index (χ2v) is 3.42. The Labute approximate surface area is 90.6 Å². The summed E-state index contributed by atoms with van der Waals surface area (Å²) in [6.45, 7) is 2.66. The molecule has 0 heterocycles. The van der Waals surface area contributed by atoms with E-state index in [-0.39, 0.29) is 6.61 Å². The Morgan fingerprint density at radius 2 is 2.13 bits per heavy atom. The predicted molar refractivity (Wildman–Crippen MR) is 59.2 cm³/mol. The van der Waals surface area contributed by atoms with Gasteiger partial charge in [0, 0.05) is 7.11 Å².